The minimum atomic E-state index is -4.13. The molecule has 0 aromatic heterocycles. The number of hydrogen-bond acceptors (Lipinski definition) is 5. The molecule has 3 aromatic carbocycles. The number of anilines is 1. The maximum atomic E-state index is 13.8. The standard InChI is InChI=1S/C29H35ClN2O5S/c1-18(2)24-16-25(20(4)14-28(24)37-7)21(5)31-29(33)17-32(26-15-22(30)10-13-27(26)36-6)38(34,35)23-11-8-19(3)9-12-23/h8-16,18,21H,17H2,1-7H3,(H,31,33)/t21-/m1/s1. The third kappa shape index (κ3) is 6.42. The van der Waals surface area contributed by atoms with Crippen LogP contribution in [0.2, 0.25) is 5.02 Å². The summed E-state index contributed by atoms with van der Waals surface area (Å²) >= 11 is 6.23. The third-order valence-electron chi connectivity index (χ3n) is 6.39. The molecule has 1 N–H and O–H groups in total. The smallest absolute Gasteiger partial charge is 0.264 e. The van der Waals surface area contributed by atoms with E-state index in [-0.39, 0.29) is 28.3 Å². The van der Waals surface area contributed by atoms with Gasteiger partial charge in [-0.05, 0) is 85.8 Å². The molecule has 0 spiro atoms. The van der Waals surface area contributed by atoms with E-state index in [1.54, 1.807) is 31.4 Å². The highest BCUT2D eigenvalue weighted by atomic mass is 35.5. The number of carbonyl (C=O) groups excluding carboxylic acids is 1. The first-order chi connectivity index (χ1) is 17.9. The monoisotopic (exact) mass is 558 g/mol. The summed E-state index contributed by atoms with van der Waals surface area (Å²) in [6, 6.07) is 14.7. The number of benzene rings is 3. The van der Waals surface area contributed by atoms with Crippen molar-refractivity contribution in [2.45, 2.75) is 51.5 Å². The van der Waals surface area contributed by atoms with Crippen LogP contribution in [0.25, 0.3) is 0 Å². The number of halogens is 1. The van der Waals surface area contributed by atoms with Crippen LogP contribution in [0.3, 0.4) is 0 Å². The molecule has 0 radical (unpaired) electrons. The topological polar surface area (TPSA) is 84.9 Å². The second kappa shape index (κ2) is 12.1. The Balaban J connectivity index is 1.99. The highest BCUT2D eigenvalue weighted by molar-refractivity contribution is 7.92. The molecule has 0 bridgehead atoms. The van der Waals surface area contributed by atoms with Gasteiger partial charge in [-0.1, -0.05) is 43.1 Å². The van der Waals surface area contributed by atoms with E-state index in [4.69, 9.17) is 21.1 Å². The Hall–Kier alpha value is -3.23. The first-order valence-electron chi connectivity index (χ1n) is 12.3. The van der Waals surface area contributed by atoms with E-state index in [2.05, 4.69) is 19.2 Å². The van der Waals surface area contributed by atoms with Crippen molar-refractivity contribution in [2.75, 3.05) is 25.1 Å². The quantitative estimate of drug-likeness (QED) is 0.321. The zero-order chi connectivity index (χ0) is 28.2. The molecule has 0 aliphatic rings. The van der Waals surface area contributed by atoms with Crippen molar-refractivity contribution in [1.82, 2.24) is 5.32 Å². The lowest BCUT2D eigenvalue weighted by molar-refractivity contribution is -0.120. The van der Waals surface area contributed by atoms with E-state index >= 15 is 0 Å². The van der Waals surface area contributed by atoms with Crippen LogP contribution in [0.5, 0.6) is 11.5 Å². The Kier molecular flexibility index (Phi) is 9.33. The predicted octanol–water partition coefficient (Wildman–Crippen LogP) is 6.17. The van der Waals surface area contributed by atoms with Crippen molar-refractivity contribution in [3.8, 4) is 11.5 Å². The molecule has 3 aromatic rings. The van der Waals surface area contributed by atoms with Gasteiger partial charge in [0.1, 0.15) is 18.0 Å². The maximum Gasteiger partial charge on any atom is 0.264 e. The normalized spacial score (nSPS) is 12.2. The molecule has 1 atom stereocenters. The van der Waals surface area contributed by atoms with Crippen LogP contribution in [0.4, 0.5) is 5.69 Å². The summed E-state index contributed by atoms with van der Waals surface area (Å²) in [5, 5.41) is 3.28. The second-order valence-corrected chi connectivity index (χ2v) is 11.8. The van der Waals surface area contributed by atoms with Crippen LogP contribution in [0.1, 0.15) is 55.0 Å². The summed E-state index contributed by atoms with van der Waals surface area (Å²) in [7, 11) is -1.06. The maximum absolute atomic E-state index is 13.8. The molecule has 0 saturated heterocycles. The Bertz CT molecular complexity index is 1410. The highest BCUT2D eigenvalue weighted by Gasteiger charge is 2.30. The van der Waals surface area contributed by atoms with Gasteiger partial charge in [-0.15, -0.1) is 0 Å². The second-order valence-electron chi connectivity index (χ2n) is 9.54. The summed E-state index contributed by atoms with van der Waals surface area (Å²) in [4.78, 5) is 13.4. The molecular weight excluding hydrogens is 524 g/mol. The number of nitrogens with zero attached hydrogens (tertiary/aromatic N) is 1. The van der Waals surface area contributed by atoms with Crippen LogP contribution in [0, 0.1) is 13.8 Å². The molecule has 0 unspecified atom stereocenters. The van der Waals surface area contributed by atoms with Gasteiger partial charge in [0, 0.05) is 5.02 Å². The van der Waals surface area contributed by atoms with E-state index in [9.17, 15) is 13.2 Å². The van der Waals surface area contributed by atoms with Gasteiger partial charge in [0.05, 0.1) is 30.8 Å². The summed E-state index contributed by atoms with van der Waals surface area (Å²) in [6.45, 7) is 9.38. The van der Waals surface area contributed by atoms with E-state index in [0.717, 1.165) is 32.3 Å². The molecular formula is C29H35ClN2O5S. The van der Waals surface area contributed by atoms with Crippen molar-refractivity contribution >= 4 is 33.2 Å². The number of hydrogen-bond donors (Lipinski definition) is 1. The summed E-state index contributed by atoms with van der Waals surface area (Å²) in [5.74, 6) is 0.816. The molecule has 3 rings (SSSR count). The SMILES string of the molecule is COc1cc(C)c([C@@H](C)NC(=O)CN(c2cc(Cl)ccc2OC)S(=O)(=O)c2ccc(C)cc2)cc1C(C)C. The number of nitrogens with one attached hydrogen (secondary N) is 1. The van der Waals surface area contributed by atoms with Gasteiger partial charge in [0.25, 0.3) is 10.0 Å². The first-order valence-corrected chi connectivity index (χ1v) is 14.1. The number of rotatable bonds is 10. The number of methoxy groups -OCH3 is 2. The van der Waals surface area contributed by atoms with E-state index in [0.29, 0.717) is 5.02 Å². The van der Waals surface area contributed by atoms with Crippen LogP contribution in [-0.2, 0) is 14.8 Å². The molecule has 7 nitrogen and oxygen atoms in total. The van der Waals surface area contributed by atoms with E-state index in [1.807, 2.05) is 32.9 Å². The molecule has 204 valence electrons. The van der Waals surface area contributed by atoms with Crippen LogP contribution < -0.4 is 19.1 Å². The van der Waals surface area contributed by atoms with Gasteiger partial charge in [-0.2, -0.15) is 0 Å². The molecule has 0 aliphatic heterocycles. The Morgan fingerprint density at radius 1 is 0.921 bits per heavy atom. The molecule has 0 fully saturated rings. The van der Waals surface area contributed by atoms with Crippen molar-refractivity contribution in [3.63, 3.8) is 0 Å². The Morgan fingerprint density at radius 3 is 2.13 bits per heavy atom. The highest BCUT2D eigenvalue weighted by Crippen LogP contribution is 2.35. The minimum Gasteiger partial charge on any atom is -0.496 e. The Labute approximate surface area is 230 Å². The molecule has 0 saturated carbocycles. The first kappa shape index (κ1) is 29.3. The Morgan fingerprint density at radius 2 is 1.55 bits per heavy atom. The van der Waals surface area contributed by atoms with Crippen molar-refractivity contribution in [2.24, 2.45) is 0 Å². The fourth-order valence-electron chi connectivity index (χ4n) is 4.30. The van der Waals surface area contributed by atoms with Gasteiger partial charge in [-0.3, -0.25) is 9.10 Å². The van der Waals surface area contributed by atoms with E-state index in [1.165, 1.54) is 25.3 Å². The summed E-state index contributed by atoms with van der Waals surface area (Å²) in [6.07, 6.45) is 0. The van der Waals surface area contributed by atoms with Gasteiger partial charge in [0.15, 0.2) is 0 Å². The zero-order valence-electron chi connectivity index (χ0n) is 22.8. The number of sulfonamides is 1. The van der Waals surface area contributed by atoms with Crippen molar-refractivity contribution in [3.05, 3.63) is 81.9 Å². The molecule has 0 aliphatic carbocycles. The van der Waals surface area contributed by atoms with Gasteiger partial charge >= 0.3 is 0 Å². The molecule has 9 heteroatoms. The summed E-state index contributed by atoms with van der Waals surface area (Å²) < 4.78 is 39.6. The number of amides is 1. The lowest BCUT2D eigenvalue weighted by Gasteiger charge is -2.27. The van der Waals surface area contributed by atoms with Gasteiger partial charge in [0.2, 0.25) is 5.91 Å². The average molecular weight is 559 g/mol. The van der Waals surface area contributed by atoms with Gasteiger partial charge in [-0.25, -0.2) is 8.42 Å². The fourth-order valence-corrected chi connectivity index (χ4v) is 5.89. The lowest BCUT2D eigenvalue weighted by Crippen LogP contribution is -2.41. The van der Waals surface area contributed by atoms with Crippen molar-refractivity contribution < 1.29 is 22.7 Å². The van der Waals surface area contributed by atoms with Gasteiger partial charge < -0.3 is 14.8 Å². The fraction of sp³-hybridized carbons (Fsp3) is 0.345. The lowest BCUT2D eigenvalue weighted by atomic mass is 9.93. The number of ether oxygens (including phenoxy) is 2. The predicted molar refractivity (Wildman–Crippen MR) is 152 cm³/mol. The zero-order valence-corrected chi connectivity index (χ0v) is 24.4. The van der Waals surface area contributed by atoms with Crippen LogP contribution >= 0.6 is 11.6 Å². The van der Waals surface area contributed by atoms with E-state index < -0.39 is 22.5 Å². The number of aryl methyl sites for hydroxylation is 2. The number of carbonyl (C=O) groups is 1. The minimum absolute atomic E-state index is 0.0542. The van der Waals surface area contributed by atoms with Crippen LogP contribution in [-0.4, -0.2) is 35.1 Å². The third-order valence-corrected chi connectivity index (χ3v) is 8.40. The molecule has 0 heterocycles. The average Bonchev–Trinajstić information content (AvgIpc) is 2.86. The van der Waals surface area contributed by atoms with Crippen molar-refractivity contribution in [1.29, 1.82) is 0 Å². The molecule has 38 heavy (non-hydrogen) atoms. The summed E-state index contributed by atoms with van der Waals surface area (Å²) in [5.41, 5.74) is 4.00. The molecule has 1 amide bonds. The van der Waals surface area contributed by atoms with Crippen LogP contribution in [0.15, 0.2) is 59.5 Å². The largest absolute Gasteiger partial charge is 0.496 e.